The molecule has 0 bridgehead atoms. The van der Waals surface area contributed by atoms with Crippen LogP contribution in [0.1, 0.15) is 24.2 Å². The molecule has 0 aliphatic carbocycles. The summed E-state index contributed by atoms with van der Waals surface area (Å²) < 4.78 is 5.63. The van der Waals surface area contributed by atoms with Crippen molar-refractivity contribution in [1.29, 1.82) is 0 Å². The van der Waals surface area contributed by atoms with Gasteiger partial charge in [-0.05, 0) is 36.2 Å². The number of aliphatic hydroxyl groups excluding tert-OH is 1. The number of nitrogens with one attached hydrogen (secondary N) is 1. The highest BCUT2D eigenvalue weighted by molar-refractivity contribution is 6.32. The molecule has 5 nitrogen and oxygen atoms in total. The molecule has 2 N–H and O–H groups in total. The van der Waals surface area contributed by atoms with Gasteiger partial charge in [0.1, 0.15) is 11.5 Å². The Labute approximate surface area is 140 Å². The number of ether oxygens (including phenoxy) is 1. The predicted molar refractivity (Wildman–Crippen MR) is 88.9 cm³/mol. The Morgan fingerprint density at radius 3 is 2.61 bits per heavy atom. The molecule has 0 fully saturated rings. The molecule has 0 aliphatic heterocycles. The van der Waals surface area contributed by atoms with Crippen LogP contribution in [0.5, 0.6) is 11.5 Å². The topological polar surface area (TPSA) is 71.5 Å². The highest BCUT2D eigenvalue weighted by atomic mass is 35.5. The molecule has 2 rings (SSSR count). The molecule has 1 unspecified atom stereocenters. The van der Waals surface area contributed by atoms with E-state index < -0.39 is 6.10 Å². The van der Waals surface area contributed by atoms with E-state index in [2.05, 4.69) is 10.3 Å². The molecule has 0 saturated carbocycles. The summed E-state index contributed by atoms with van der Waals surface area (Å²) in [5.74, 6) is 0.855. The van der Waals surface area contributed by atoms with Crippen molar-refractivity contribution in [3.63, 3.8) is 0 Å². The highest BCUT2D eigenvalue weighted by Crippen LogP contribution is 2.29. The largest absolute Gasteiger partial charge is 0.456 e. The number of hydrogen-bond donors (Lipinski definition) is 2. The van der Waals surface area contributed by atoms with E-state index in [9.17, 15) is 9.90 Å². The van der Waals surface area contributed by atoms with Crippen LogP contribution in [0.4, 0.5) is 0 Å². The van der Waals surface area contributed by atoms with Crippen LogP contribution in [0.15, 0.2) is 42.7 Å². The minimum absolute atomic E-state index is 0.0787. The average molecular weight is 335 g/mol. The average Bonchev–Trinajstić information content (AvgIpc) is 2.55. The molecule has 1 aromatic carbocycles. The van der Waals surface area contributed by atoms with Gasteiger partial charge in [0, 0.05) is 24.5 Å². The van der Waals surface area contributed by atoms with Gasteiger partial charge in [-0.25, -0.2) is 0 Å². The molecule has 0 aliphatic rings. The maximum atomic E-state index is 12.1. The van der Waals surface area contributed by atoms with Crippen LogP contribution in [0.2, 0.25) is 5.02 Å². The van der Waals surface area contributed by atoms with E-state index in [0.717, 1.165) is 0 Å². The van der Waals surface area contributed by atoms with Crippen molar-refractivity contribution in [1.82, 2.24) is 10.3 Å². The number of carbonyl (C=O) groups is 1. The SMILES string of the molecule is CC(C)C(O)CNC(=O)c1ccc(Oc2ccncc2)c(Cl)c1. The summed E-state index contributed by atoms with van der Waals surface area (Å²) in [6, 6.07) is 8.22. The Morgan fingerprint density at radius 2 is 2.00 bits per heavy atom. The lowest BCUT2D eigenvalue weighted by atomic mass is 10.1. The first-order chi connectivity index (χ1) is 11.0. The molecule has 0 saturated heterocycles. The lowest BCUT2D eigenvalue weighted by molar-refractivity contribution is 0.0871. The number of pyridine rings is 1. The molecule has 1 atom stereocenters. The lowest BCUT2D eigenvalue weighted by Crippen LogP contribution is -2.34. The van der Waals surface area contributed by atoms with Gasteiger partial charge in [0.2, 0.25) is 0 Å². The molecule has 2 aromatic rings. The second kappa shape index (κ2) is 7.94. The number of nitrogens with zero attached hydrogens (tertiary/aromatic N) is 1. The van der Waals surface area contributed by atoms with Gasteiger partial charge in [0.15, 0.2) is 0 Å². The van der Waals surface area contributed by atoms with Gasteiger partial charge in [-0.2, -0.15) is 0 Å². The van der Waals surface area contributed by atoms with E-state index in [1.807, 2.05) is 13.8 Å². The molecule has 6 heteroatoms. The molecular formula is C17H19ClN2O3. The lowest BCUT2D eigenvalue weighted by Gasteiger charge is -2.15. The molecule has 0 spiro atoms. The second-order valence-electron chi connectivity index (χ2n) is 5.45. The van der Waals surface area contributed by atoms with Crippen molar-refractivity contribution in [2.75, 3.05) is 6.54 Å². The number of rotatable bonds is 6. The van der Waals surface area contributed by atoms with Crippen molar-refractivity contribution in [3.05, 3.63) is 53.3 Å². The first-order valence-corrected chi connectivity index (χ1v) is 7.69. The van der Waals surface area contributed by atoms with Crippen molar-refractivity contribution < 1.29 is 14.6 Å². The monoisotopic (exact) mass is 334 g/mol. The van der Waals surface area contributed by atoms with Gasteiger partial charge in [-0.15, -0.1) is 0 Å². The number of carbonyl (C=O) groups excluding carboxylic acids is 1. The maximum Gasteiger partial charge on any atom is 0.251 e. The smallest absolute Gasteiger partial charge is 0.251 e. The number of aliphatic hydroxyl groups is 1. The zero-order valence-electron chi connectivity index (χ0n) is 13.0. The van der Waals surface area contributed by atoms with Gasteiger partial charge in [0.25, 0.3) is 5.91 Å². The van der Waals surface area contributed by atoms with Crippen LogP contribution < -0.4 is 10.1 Å². The van der Waals surface area contributed by atoms with Crippen molar-refractivity contribution in [2.24, 2.45) is 5.92 Å². The van der Waals surface area contributed by atoms with Crippen LogP contribution in [-0.2, 0) is 0 Å². The summed E-state index contributed by atoms with van der Waals surface area (Å²) in [6.07, 6.45) is 2.65. The molecule has 122 valence electrons. The number of benzene rings is 1. The molecule has 1 amide bonds. The third-order valence-corrected chi connectivity index (χ3v) is 3.61. The third-order valence-electron chi connectivity index (χ3n) is 3.31. The quantitative estimate of drug-likeness (QED) is 0.850. The van der Waals surface area contributed by atoms with Crippen molar-refractivity contribution in [2.45, 2.75) is 20.0 Å². The van der Waals surface area contributed by atoms with Crippen LogP contribution >= 0.6 is 11.6 Å². The van der Waals surface area contributed by atoms with Crippen LogP contribution in [0.25, 0.3) is 0 Å². The molecule has 0 radical (unpaired) electrons. The molecule has 1 heterocycles. The fourth-order valence-electron chi connectivity index (χ4n) is 1.79. The summed E-state index contributed by atoms with van der Waals surface area (Å²) in [5, 5.41) is 12.7. The number of hydrogen-bond acceptors (Lipinski definition) is 4. The maximum absolute atomic E-state index is 12.1. The minimum atomic E-state index is -0.580. The summed E-state index contributed by atoms with van der Waals surface area (Å²) in [7, 11) is 0. The van der Waals surface area contributed by atoms with Crippen LogP contribution in [0, 0.1) is 5.92 Å². The summed E-state index contributed by atoms with van der Waals surface area (Å²) in [6.45, 7) is 3.97. The molecule has 1 aromatic heterocycles. The van der Waals surface area contributed by atoms with Gasteiger partial charge in [-0.3, -0.25) is 9.78 Å². The Hall–Kier alpha value is -2.11. The summed E-state index contributed by atoms with van der Waals surface area (Å²) >= 11 is 6.17. The van der Waals surface area contributed by atoms with Gasteiger partial charge in [-0.1, -0.05) is 25.4 Å². The first kappa shape index (κ1) is 17.2. The van der Waals surface area contributed by atoms with E-state index in [4.69, 9.17) is 16.3 Å². The summed E-state index contributed by atoms with van der Waals surface area (Å²) in [4.78, 5) is 16.0. The van der Waals surface area contributed by atoms with E-state index in [1.165, 1.54) is 6.07 Å². The normalized spacial score (nSPS) is 12.0. The van der Waals surface area contributed by atoms with Crippen LogP contribution in [0.3, 0.4) is 0 Å². The first-order valence-electron chi connectivity index (χ1n) is 7.31. The predicted octanol–water partition coefficient (Wildman–Crippen LogP) is 3.27. The molecule has 23 heavy (non-hydrogen) atoms. The molecular weight excluding hydrogens is 316 g/mol. The van der Waals surface area contributed by atoms with E-state index in [1.54, 1.807) is 36.7 Å². The Bertz CT molecular complexity index is 662. The van der Waals surface area contributed by atoms with E-state index in [-0.39, 0.29) is 18.4 Å². The Morgan fingerprint density at radius 1 is 1.30 bits per heavy atom. The van der Waals surface area contributed by atoms with Gasteiger partial charge < -0.3 is 15.2 Å². The van der Waals surface area contributed by atoms with Gasteiger partial charge in [0.05, 0.1) is 11.1 Å². The van der Waals surface area contributed by atoms with Crippen molar-refractivity contribution in [3.8, 4) is 11.5 Å². The minimum Gasteiger partial charge on any atom is -0.456 e. The van der Waals surface area contributed by atoms with E-state index >= 15 is 0 Å². The number of halogens is 1. The summed E-state index contributed by atoms with van der Waals surface area (Å²) in [5.41, 5.74) is 0.410. The Balaban J connectivity index is 2.02. The fraction of sp³-hybridized carbons (Fsp3) is 0.294. The zero-order chi connectivity index (χ0) is 16.8. The number of amides is 1. The van der Waals surface area contributed by atoms with Gasteiger partial charge >= 0.3 is 0 Å². The van der Waals surface area contributed by atoms with Crippen LogP contribution in [-0.4, -0.2) is 28.6 Å². The Kier molecular flexibility index (Phi) is 5.96. The van der Waals surface area contributed by atoms with E-state index in [0.29, 0.717) is 22.1 Å². The second-order valence-corrected chi connectivity index (χ2v) is 5.86. The standard InChI is InChI=1S/C17H19ClN2O3/c1-11(2)15(21)10-20-17(22)12-3-4-16(14(18)9-12)23-13-5-7-19-8-6-13/h3-9,11,15,21H,10H2,1-2H3,(H,20,22). The zero-order valence-corrected chi connectivity index (χ0v) is 13.7. The van der Waals surface area contributed by atoms with Crippen molar-refractivity contribution >= 4 is 17.5 Å². The number of aromatic nitrogens is 1. The fourth-order valence-corrected chi connectivity index (χ4v) is 2.01. The third kappa shape index (κ3) is 4.94. The highest BCUT2D eigenvalue weighted by Gasteiger charge is 2.13.